The number of carbonyl (C=O) groups is 1. The number of amides is 1. The van der Waals surface area contributed by atoms with Gasteiger partial charge in [-0.05, 0) is 25.0 Å². The molecule has 2 aromatic rings. The molecule has 1 amide bonds. The van der Waals surface area contributed by atoms with Gasteiger partial charge < -0.3 is 14.2 Å². The number of carbonyl (C=O) groups excluding carboxylic acids is 1. The van der Waals surface area contributed by atoms with E-state index in [1.165, 1.54) is 6.07 Å². The van der Waals surface area contributed by atoms with Gasteiger partial charge >= 0.3 is 0 Å². The van der Waals surface area contributed by atoms with Crippen molar-refractivity contribution in [3.05, 3.63) is 46.8 Å². The number of hydrogen-bond donors (Lipinski definition) is 0. The van der Waals surface area contributed by atoms with Crippen LogP contribution in [0.15, 0.2) is 41.3 Å². The van der Waals surface area contributed by atoms with Gasteiger partial charge in [-0.15, -0.1) is 0 Å². The summed E-state index contributed by atoms with van der Waals surface area (Å²) in [5.74, 6) is 0.0732. The highest BCUT2D eigenvalue weighted by Gasteiger charge is 2.28. The third-order valence-electron chi connectivity index (χ3n) is 4.69. The number of morpholine rings is 1. The molecule has 2 unspecified atom stereocenters. The molecule has 2 heterocycles. The minimum absolute atomic E-state index is 0.0160. The molecule has 1 saturated heterocycles. The molecule has 1 fully saturated rings. The van der Waals surface area contributed by atoms with E-state index in [2.05, 4.69) is 13.8 Å². The number of para-hydroxylation sites is 1. The fraction of sp³-hybridized carbons (Fsp3) is 0.474. The number of ether oxygens (including phenoxy) is 1. The molecular weight excluding hydrogens is 304 g/mol. The van der Waals surface area contributed by atoms with Crippen molar-refractivity contribution in [2.24, 2.45) is 0 Å². The van der Waals surface area contributed by atoms with E-state index in [9.17, 15) is 9.59 Å². The number of fused-ring (bicyclic) bond motifs is 1. The highest BCUT2D eigenvalue weighted by atomic mass is 16.5. The van der Waals surface area contributed by atoms with Crippen LogP contribution in [0.25, 0.3) is 10.9 Å². The molecule has 5 nitrogen and oxygen atoms in total. The Hall–Kier alpha value is -2.14. The molecule has 128 valence electrons. The molecule has 0 bridgehead atoms. The first kappa shape index (κ1) is 16.7. The molecule has 1 aromatic carbocycles. The van der Waals surface area contributed by atoms with Crippen LogP contribution in [-0.4, -0.2) is 40.7 Å². The van der Waals surface area contributed by atoms with E-state index in [1.54, 1.807) is 12.3 Å². The number of nitrogens with zero attached hydrogens (tertiary/aromatic N) is 2. The molecule has 0 N–H and O–H groups in total. The van der Waals surface area contributed by atoms with Gasteiger partial charge in [-0.3, -0.25) is 9.59 Å². The summed E-state index contributed by atoms with van der Waals surface area (Å²) in [7, 11) is 0. The van der Waals surface area contributed by atoms with Crippen molar-refractivity contribution in [1.29, 1.82) is 0 Å². The van der Waals surface area contributed by atoms with Crippen LogP contribution in [0.5, 0.6) is 0 Å². The molecule has 0 spiro atoms. The van der Waals surface area contributed by atoms with E-state index in [1.807, 2.05) is 27.7 Å². The average molecular weight is 328 g/mol. The number of rotatable bonds is 4. The van der Waals surface area contributed by atoms with Gasteiger partial charge in [0.05, 0.1) is 17.7 Å². The van der Waals surface area contributed by atoms with E-state index in [0.29, 0.717) is 18.5 Å². The number of pyridine rings is 1. The molecule has 0 aliphatic carbocycles. The van der Waals surface area contributed by atoms with Gasteiger partial charge in [0.25, 0.3) is 0 Å². The summed E-state index contributed by atoms with van der Waals surface area (Å²) in [6.07, 6.45) is 3.73. The molecule has 24 heavy (non-hydrogen) atoms. The fourth-order valence-corrected chi connectivity index (χ4v) is 3.22. The van der Waals surface area contributed by atoms with Gasteiger partial charge in [-0.1, -0.05) is 26.0 Å². The summed E-state index contributed by atoms with van der Waals surface area (Å²) < 4.78 is 7.82. The van der Waals surface area contributed by atoms with Gasteiger partial charge in [-0.2, -0.15) is 0 Å². The van der Waals surface area contributed by atoms with Crippen LogP contribution in [0.2, 0.25) is 0 Å². The van der Waals surface area contributed by atoms with Gasteiger partial charge in [0, 0.05) is 30.7 Å². The topological polar surface area (TPSA) is 51.5 Å². The number of benzene rings is 1. The molecule has 0 saturated carbocycles. The molecule has 1 aliphatic rings. The zero-order chi connectivity index (χ0) is 17.1. The maximum atomic E-state index is 12.8. The van der Waals surface area contributed by atoms with Crippen LogP contribution in [0.4, 0.5) is 0 Å². The van der Waals surface area contributed by atoms with E-state index in [0.717, 1.165) is 18.4 Å². The summed E-state index contributed by atoms with van der Waals surface area (Å²) in [4.78, 5) is 26.6. The quantitative estimate of drug-likeness (QED) is 0.866. The summed E-state index contributed by atoms with van der Waals surface area (Å²) in [5, 5.41) is 0.646. The maximum Gasteiger partial charge on any atom is 0.242 e. The van der Waals surface area contributed by atoms with Crippen molar-refractivity contribution in [3.63, 3.8) is 0 Å². The Morgan fingerprint density at radius 3 is 2.46 bits per heavy atom. The molecule has 2 atom stereocenters. The largest absolute Gasteiger partial charge is 0.371 e. The molecule has 1 aliphatic heterocycles. The zero-order valence-corrected chi connectivity index (χ0v) is 14.3. The minimum atomic E-state index is -0.0160. The second-order valence-electron chi connectivity index (χ2n) is 6.32. The van der Waals surface area contributed by atoms with Crippen LogP contribution in [0.1, 0.15) is 26.7 Å². The lowest BCUT2D eigenvalue weighted by atomic mass is 10.1. The Balaban J connectivity index is 1.82. The van der Waals surface area contributed by atoms with E-state index in [-0.39, 0.29) is 30.1 Å². The van der Waals surface area contributed by atoms with Crippen molar-refractivity contribution in [2.45, 2.75) is 45.4 Å². The summed E-state index contributed by atoms with van der Waals surface area (Å²) >= 11 is 0. The first-order valence-electron chi connectivity index (χ1n) is 8.63. The van der Waals surface area contributed by atoms with Crippen LogP contribution in [-0.2, 0) is 16.1 Å². The molecule has 5 heteroatoms. The third kappa shape index (κ3) is 3.36. The first-order valence-corrected chi connectivity index (χ1v) is 8.63. The van der Waals surface area contributed by atoms with Crippen LogP contribution < -0.4 is 5.43 Å². The Bertz CT molecular complexity index is 772. The highest BCUT2D eigenvalue weighted by molar-refractivity contribution is 5.82. The molecule has 0 radical (unpaired) electrons. The predicted molar refractivity (Wildman–Crippen MR) is 94.0 cm³/mol. The van der Waals surface area contributed by atoms with Crippen LogP contribution in [0.3, 0.4) is 0 Å². The van der Waals surface area contributed by atoms with E-state index in [4.69, 9.17) is 4.74 Å². The second-order valence-corrected chi connectivity index (χ2v) is 6.32. The van der Waals surface area contributed by atoms with Gasteiger partial charge in [-0.25, -0.2) is 0 Å². The Morgan fingerprint density at radius 1 is 1.12 bits per heavy atom. The van der Waals surface area contributed by atoms with Crippen LogP contribution in [0, 0.1) is 0 Å². The Morgan fingerprint density at radius 2 is 1.79 bits per heavy atom. The lowest BCUT2D eigenvalue weighted by Gasteiger charge is -2.37. The molecular formula is C19H24N2O3. The normalized spacial score (nSPS) is 21.2. The average Bonchev–Trinajstić information content (AvgIpc) is 2.63. The van der Waals surface area contributed by atoms with Crippen molar-refractivity contribution in [1.82, 2.24) is 9.47 Å². The lowest BCUT2D eigenvalue weighted by Crippen LogP contribution is -2.50. The van der Waals surface area contributed by atoms with Gasteiger partial charge in [0.2, 0.25) is 5.91 Å². The van der Waals surface area contributed by atoms with E-state index >= 15 is 0 Å². The van der Waals surface area contributed by atoms with Crippen LogP contribution >= 0.6 is 0 Å². The second kappa shape index (κ2) is 7.18. The highest BCUT2D eigenvalue weighted by Crippen LogP contribution is 2.17. The summed E-state index contributed by atoms with van der Waals surface area (Å²) in [5.41, 5.74) is 0.781. The van der Waals surface area contributed by atoms with Crippen molar-refractivity contribution < 1.29 is 9.53 Å². The van der Waals surface area contributed by atoms with Gasteiger partial charge in [0.1, 0.15) is 6.54 Å². The minimum Gasteiger partial charge on any atom is -0.371 e. The number of aromatic nitrogens is 1. The summed E-state index contributed by atoms with van der Waals surface area (Å²) in [6.45, 7) is 5.70. The monoisotopic (exact) mass is 328 g/mol. The first-order chi connectivity index (χ1) is 11.6. The van der Waals surface area contributed by atoms with Crippen molar-refractivity contribution in [3.8, 4) is 0 Å². The SMILES string of the molecule is CCC1CN(C(=O)Cn2ccc(=O)c3ccccc32)CC(CC)O1. The zero-order valence-electron chi connectivity index (χ0n) is 14.3. The number of hydrogen-bond acceptors (Lipinski definition) is 3. The Kier molecular flexibility index (Phi) is 5.00. The smallest absolute Gasteiger partial charge is 0.242 e. The Labute approximate surface area is 141 Å². The maximum absolute atomic E-state index is 12.8. The summed E-state index contributed by atoms with van der Waals surface area (Å²) in [6, 6.07) is 8.94. The lowest BCUT2D eigenvalue weighted by molar-refractivity contribution is -0.146. The predicted octanol–water partition coefficient (Wildman–Crippen LogP) is 2.42. The molecule has 3 rings (SSSR count). The van der Waals surface area contributed by atoms with Crippen molar-refractivity contribution in [2.75, 3.05) is 13.1 Å². The van der Waals surface area contributed by atoms with Crippen molar-refractivity contribution >= 4 is 16.8 Å². The standard InChI is InChI=1S/C19H24N2O3/c1-3-14-11-21(12-15(4-2)24-14)19(23)13-20-10-9-18(22)16-7-5-6-8-17(16)20/h5-10,14-15H,3-4,11-13H2,1-2H3. The van der Waals surface area contributed by atoms with Gasteiger partial charge in [0.15, 0.2) is 5.43 Å². The fourth-order valence-electron chi connectivity index (χ4n) is 3.22. The third-order valence-corrected chi connectivity index (χ3v) is 4.69. The van der Waals surface area contributed by atoms with E-state index < -0.39 is 0 Å². The molecule has 1 aromatic heterocycles.